The molecular weight excluding hydrogens is 366 g/mol. The molecule has 0 radical (unpaired) electrons. The first-order valence-corrected chi connectivity index (χ1v) is 10.2. The normalized spacial score (nSPS) is 19.0. The van der Waals surface area contributed by atoms with Crippen molar-refractivity contribution in [3.8, 4) is 10.7 Å². The number of aliphatic carboxylic acids is 1. The third-order valence-electron chi connectivity index (χ3n) is 4.10. The van der Waals surface area contributed by atoms with Gasteiger partial charge >= 0.3 is 5.97 Å². The molecule has 0 aliphatic carbocycles. The van der Waals surface area contributed by atoms with E-state index < -0.39 is 22.0 Å². The Labute approximate surface area is 149 Å². The lowest BCUT2D eigenvalue weighted by molar-refractivity contribution is -0.140. The highest BCUT2D eigenvalue weighted by atomic mass is 32.2. The van der Waals surface area contributed by atoms with Gasteiger partial charge < -0.3 is 9.63 Å². The van der Waals surface area contributed by atoms with Crippen LogP contribution in [0.3, 0.4) is 0 Å². The van der Waals surface area contributed by atoms with E-state index >= 15 is 0 Å². The van der Waals surface area contributed by atoms with Gasteiger partial charge in [0.15, 0.2) is 0 Å². The third-order valence-corrected chi connectivity index (χ3v) is 7.31. The van der Waals surface area contributed by atoms with Gasteiger partial charge in [-0.3, -0.25) is 4.79 Å². The number of carboxylic acid groups (broad SMARTS) is 1. The summed E-state index contributed by atoms with van der Waals surface area (Å²) in [5, 5.41) is 13.2. The molecule has 0 spiro atoms. The van der Waals surface area contributed by atoms with Crippen LogP contribution in [0, 0.1) is 6.92 Å². The molecule has 1 fully saturated rings. The van der Waals surface area contributed by atoms with Crippen LogP contribution in [-0.4, -0.2) is 46.5 Å². The number of sulfonamides is 1. The Hall–Kier alpha value is -1.78. The summed E-state index contributed by atoms with van der Waals surface area (Å²) >= 11 is 1.25. The van der Waals surface area contributed by atoms with Gasteiger partial charge in [0.05, 0.1) is 9.77 Å². The van der Waals surface area contributed by atoms with E-state index in [0.717, 1.165) is 4.31 Å². The molecule has 1 aliphatic rings. The highest BCUT2D eigenvalue weighted by Crippen LogP contribution is 2.36. The van der Waals surface area contributed by atoms with E-state index in [4.69, 9.17) is 4.52 Å². The maximum Gasteiger partial charge on any atom is 0.322 e. The number of carboxylic acids is 1. The summed E-state index contributed by atoms with van der Waals surface area (Å²) in [5.74, 6) is -0.217. The number of hydrogen-bond acceptors (Lipinski definition) is 7. The topological polar surface area (TPSA) is 114 Å². The minimum atomic E-state index is -3.88. The number of nitrogens with zero attached hydrogens (tertiary/aromatic N) is 3. The molecule has 0 amide bonds. The largest absolute Gasteiger partial charge is 0.480 e. The monoisotopic (exact) mass is 385 g/mol. The first kappa shape index (κ1) is 18.0. The Morgan fingerprint density at radius 3 is 2.80 bits per heavy atom. The lowest BCUT2D eigenvalue weighted by Crippen LogP contribution is -2.40. The molecule has 0 bridgehead atoms. The summed E-state index contributed by atoms with van der Waals surface area (Å²) in [5.41, 5.74) is 0. The van der Waals surface area contributed by atoms with Crippen LogP contribution in [0.2, 0.25) is 0 Å². The Balaban J connectivity index is 1.97. The Morgan fingerprint density at radius 2 is 2.20 bits per heavy atom. The Kier molecular flexibility index (Phi) is 4.69. The highest BCUT2D eigenvalue weighted by molar-refractivity contribution is 7.89. The van der Waals surface area contributed by atoms with Gasteiger partial charge in [0.1, 0.15) is 6.04 Å². The average Bonchev–Trinajstić information content (AvgIpc) is 3.25. The van der Waals surface area contributed by atoms with Crippen molar-refractivity contribution in [3.63, 3.8) is 0 Å². The van der Waals surface area contributed by atoms with Crippen LogP contribution in [0.4, 0.5) is 0 Å². The first-order chi connectivity index (χ1) is 11.7. The zero-order valence-corrected chi connectivity index (χ0v) is 15.7. The van der Waals surface area contributed by atoms with Gasteiger partial charge in [0.2, 0.25) is 21.7 Å². The van der Waals surface area contributed by atoms with Crippen LogP contribution >= 0.6 is 11.3 Å². The third kappa shape index (κ3) is 3.21. The predicted molar refractivity (Wildman–Crippen MR) is 91.0 cm³/mol. The summed E-state index contributed by atoms with van der Waals surface area (Å²) in [6.45, 7) is 5.75. The molecule has 136 valence electrons. The quantitative estimate of drug-likeness (QED) is 0.841. The zero-order chi connectivity index (χ0) is 18.4. The second-order valence-corrected chi connectivity index (χ2v) is 9.37. The molecular formula is C15H19N3O5S2. The molecule has 1 unspecified atom stereocenters. The van der Waals surface area contributed by atoms with Crippen LogP contribution in [-0.2, 0) is 14.8 Å². The van der Waals surface area contributed by atoms with Gasteiger partial charge in [-0.2, -0.15) is 9.29 Å². The number of carbonyl (C=O) groups is 1. The van der Waals surface area contributed by atoms with Gasteiger partial charge in [-0.1, -0.05) is 19.0 Å². The maximum atomic E-state index is 12.9. The summed E-state index contributed by atoms with van der Waals surface area (Å²) in [4.78, 5) is 16.9. The van der Waals surface area contributed by atoms with E-state index in [-0.39, 0.29) is 17.4 Å². The number of aromatic nitrogens is 2. The molecule has 25 heavy (non-hydrogen) atoms. The van der Waals surface area contributed by atoms with Gasteiger partial charge in [0, 0.05) is 17.3 Å². The van der Waals surface area contributed by atoms with E-state index in [1.807, 2.05) is 13.8 Å². The summed E-state index contributed by atoms with van der Waals surface area (Å²) in [7, 11) is -3.88. The Bertz CT molecular complexity index is 900. The maximum absolute atomic E-state index is 12.9. The van der Waals surface area contributed by atoms with E-state index in [2.05, 4.69) is 10.1 Å². The van der Waals surface area contributed by atoms with Crippen molar-refractivity contribution in [3.05, 3.63) is 16.8 Å². The molecule has 3 heterocycles. The standard InChI is InChI=1S/C15H19N3O5S2/c1-8(2)14-16-13(17-23-14)11-7-12(9(3)24-11)25(21,22)18-6-4-5-10(18)15(19)20/h7-8,10H,4-6H2,1-3H3,(H,19,20). The summed E-state index contributed by atoms with van der Waals surface area (Å²) < 4.78 is 32.1. The molecule has 1 aliphatic heterocycles. The smallest absolute Gasteiger partial charge is 0.322 e. The molecule has 1 saturated heterocycles. The van der Waals surface area contributed by atoms with Crippen molar-refractivity contribution < 1.29 is 22.8 Å². The highest BCUT2D eigenvalue weighted by Gasteiger charge is 2.40. The lowest BCUT2D eigenvalue weighted by atomic mass is 10.2. The first-order valence-electron chi connectivity index (χ1n) is 7.91. The fourth-order valence-electron chi connectivity index (χ4n) is 2.80. The fraction of sp³-hybridized carbons (Fsp3) is 0.533. The van der Waals surface area contributed by atoms with Crippen LogP contribution in [0.25, 0.3) is 10.7 Å². The van der Waals surface area contributed by atoms with Crippen molar-refractivity contribution >= 4 is 27.3 Å². The van der Waals surface area contributed by atoms with E-state index in [1.165, 1.54) is 17.4 Å². The number of thiophene rings is 1. The van der Waals surface area contributed by atoms with Crippen molar-refractivity contribution in [1.29, 1.82) is 0 Å². The van der Waals surface area contributed by atoms with Crippen LogP contribution in [0.15, 0.2) is 15.5 Å². The predicted octanol–water partition coefficient (Wildman–Crippen LogP) is 2.47. The average molecular weight is 385 g/mol. The second-order valence-electron chi connectivity index (χ2n) is 6.25. The molecule has 8 nitrogen and oxygen atoms in total. The molecule has 1 N–H and O–H groups in total. The molecule has 1 atom stereocenters. The van der Waals surface area contributed by atoms with Gasteiger partial charge in [-0.25, -0.2) is 8.42 Å². The fourth-order valence-corrected chi connectivity index (χ4v) is 5.94. The van der Waals surface area contributed by atoms with E-state index in [9.17, 15) is 18.3 Å². The van der Waals surface area contributed by atoms with Gasteiger partial charge in [-0.15, -0.1) is 11.3 Å². The molecule has 0 saturated carbocycles. The summed E-state index contributed by atoms with van der Waals surface area (Å²) in [6, 6.07) is 0.493. The molecule has 3 rings (SSSR count). The van der Waals surface area contributed by atoms with Crippen molar-refractivity contribution in [1.82, 2.24) is 14.4 Å². The SMILES string of the molecule is Cc1sc(-c2noc(C(C)C)n2)cc1S(=O)(=O)N1CCCC1C(=O)O. The second kappa shape index (κ2) is 6.50. The molecule has 0 aromatic carbocycles. The molecule has 2 aromatic heterocycles. The minimum absolute atomic E-state index is 0.0754. The van der Waals surface area contributed by atoms with Gasteiger partial charge in [-0.05, 0) is 25.8 Å². The lowest BCUT2D eigenvalue weighted by Gasteiger charge is -2.20. The van der Waals surface area contributed by atoms with Crippen LogP contribution < -0.4 is 0 Å². The Morgan fingerprint density at radius 1 is 1.48 bits per heavy atom. The van der Waals surface area contributed by atoms with Crippen molar-refractivity contribution in [2.45, 2.75) is 50.5 Å². The molecule has 2 aromatic rings. The van der Waals surface area contributed by atoms with Crippen molar-refractivity contribution in [2.75, 3.05) is 6.54 Å². The van der Waals surface area contributed by atoms with Gasteiger partial charge in [0.25, 0.3) is 0 Å². The van der Waals surface area contributed by atoms with Crippen LogP contribution in [0.5, 0.6) is 0 Å². The number of aryl methyl sites for hydroxylation is 1. The van der Waals surface area contributed by atoms with E-state index in [0.29, 0.717) is 34.3 Å². The minimum Gasteiger partial charge on any atom is -0.480 e. The number of rotatable bonds is 5. The van der Waals surface area contributed by atoms with Crippen molar-refractivity contribution in [2.24, 2.45) is 0 Å². The van der Waals surface area contributed by atoms with Crippen LogP contribution in [0.1, 0.15) is 43.4 Å². The van der Waals surface area contributed by atoms with E-state index in [1.54, 1.807) is 6.92 Å². The molecule has 10 heteroatoms. The zero-order valence-electron chi connectivity index (χ0n) is 14.1. The summed E-state index contributed by atoms with van der Waals surface area (Å²) in [6.07, 6.45) is 0.863. The number of hydrogen-bond donors (Lipinski definition) is 1.